The zero-order valence-corrected chi connectivity index (χ0v) is 10.2. The van der Waals surface area contributed by atoms with Crippen molar-refractivity contribution in [2.75, 3.05) is 26.2 Å². The number of nitrogens with one attached hydrogen (secondary N) is 2. The summed E-state index contributed by atoms with van der Waals surface area (Å²) in [5, 5.41) is 3.54. The highest BCUT2D eigenvalue weighted by molar-refractivity contribution is 5.02. The van der Waals surface area contributed by atoms with Gasteiger partial charge in [0.1, 0.15) is 0 Å². The van der Waals surface area contributed by atoms with E-state index >= 15 is 0 Å². The first kappa shape index (κ1) is 11.7. The molecule has 0 spiro atoms. The van der Waals surface area contributed by atoms with Gasteiger partial charge in [-0.1, -0.05) is 6.92 Å². The number of rotatable bonds is 5. The Hall–Kier alpha value is -0.800. The van der Waals surface area contributed by atoms with Crippen LogP contribution in [0.3, 0.4) is 0 Å². The summed E-state index contributed by atoms with van der Waals surface area (Å²) in [6, 6.07) is 4.18. The van der Waals surface area contributed by atoms with Crippen LogP contribution in [0.5, 0.6) is 0 Å². The molecular formula is C13H23N3. The molecule has 90 valence electrons. The lowest BCUT2D eigenvalue weighted by Gasteiger charge is -2.31. The number of aromatic amines is 1. The van der Waals surface area contributed by atoms with Crippen molar-refractivity contribution in [2.45, 2.75) is 26.3 Å². The molecule has 1 aromatic heterocycles. The fourth-order valence-corrected chi connectivity index (χ4v) is 2.40. The smallest absolute Gasteiger partial charge is 0.0357 e. The Morgan fingerprint density at radius 1 is 1.44 bits per heavy atom. The van der Waals surface area contributed by atoms with Gasteiger partial charge in [0.25, 0.3) is 0 Å². The van der Waals surface area contributed by atoms with E-state index in [2.05, 4.69) is 34.3 Å². The standard InChI is InChI=1S/C13H23N3/c1-2-16-8-5-12(6-9-16)10-14-11-13-4-3-7-15-13/h3-4,7,12,14-15H,2,5-6,8-11H2,1H3. The van der Waals surface area contributed by atoms with E-state index in [9.17, 15) is 0 Å². The number of H-pyrrole nitrogens is 1. The third-order valence-electron chi connectivity index (χ3n) is 3.57. The van der Waals surface area contributed by atoms with Gasteiger partial charge >= 0.3 is 0 Å². The molecule has 2 rings (SSSR count). The van der Waals surface area contributed by atoms with Crippen LogP contribution in [0.25, 0.3) is 0 Å². The zero-order chi connectivity index (χ0) is 11.2. The predicted octanol–water partition coefficient (Wildman–Crippen LogP) is 1.84. The number of hydrogen-bond acceptors (Lipinski definition) is 2. The third-order valence-corrected chi connectivity index (χ3v) is 3.57. The number of aromatic nitrogens is 1. The van der Waals surface area contributed by atoms with E-state index < -0.39 is 0 Å². The average molecular weight is 221 g/mol. The topological polar surface area (TPSA) is 31.1 Å². The molecule has 2 heterocycles. The van der Waals surface area contributed by atoms with Crippen molar-refractivity contribution in [3.63, 3.8) is 0 Å². The molecule has 0 aliphatic carbocycles. The Balaban J connectivity index is 1.60. The molecule has 3 heteroatoms. The van der Waals surface area contributed by atoms with Crippen LogP contribution in [0.2, 0.25) is 0 Å². The first-order chi connectivity index (χ1) is 7.88. The van der Waals surface area contributed by atoms with E-state index in [4.69, 9.17) is 0 Å². The van der Waals surface area contributed by atoms with Crippen LogP contribution in [-0.4, -0.2) is 36.1 Å². The van der Waals surface area contributed by atoms with Crippen LogP contribution in [0.1, 0.15) is 25.5 Å². The monoisotopic (exact) mass is 221 g/mol. The van der Waals surface area contributed by atoms with Gasteiger partial charge in [0.05, 0.1) is 0 Å². The van der Waals surface area contributed by atoms with Gasteiger partial charge in [-0.2, -0.15) is 0 Å². The number of nitrogens with zero attached hydrogens (tertiary/aromatic N) is 1. The lowest BCUT2D eigenvalue weighted by Crippen LogP contribution is -2.36. The van der Waals surface area contributed by atoms with Gasteiger partial charge in [-0.3, -0.25) is 0 Å². The van der Waals surface area contributed by atoms with E-state index in [0.29, 0.717) is 0 Å². The minimum absolute atomic E-state index is 0.873. The fourth-order valence-electron chi connectivity index (χ4n) is 2.40. The lowest BCUT2D eigenvalue weighted by atomic mass is 9.97. The van der Waals surface area contributed by atoms with Crippen LogP contribution in [0.4, 0.5) is 0 Å². The summed E-state index contributed by atoms with van der Waals surface area (Å²) in [4.78, 5) is 5.76. The summed E-state index contributed by atoms with van der Waals surface area (Å²) in [5.74, 6) is 0.873. The van der Waals surface area contributed by atoms with Crippen molar-refractivity contribution in [1.29, 1.82) is 0 Å². The van der Waals surface area contributed by atoms with E-state index in [1.54, 1.807) is 0 Å². The third kappa shape index (κ3) is 3.35. The van der Waals surface area contributed by atoms with Crippen molar-refractivity contribution in [1.82, 2.24) is 15.2 Å². The second-order valence-corrected chi connectivity index (χ2v) is 4.70. The molecular weight excluding hydrogens is 198 g/mol. The highest BCUT2D eigenvalue weighted by Crippen LogP contribution is 2.15. The fraction of sp³-hybridized carbons (Fsp3) is 0.692. The van der Waals surface area contributed by atoms with Crippen molar-refractivity contribution in [3.8, 4) is 0 Å². The van der Waals surface area contributed by atoms with Crippen molar-refractivity contribution in [2.24, 2.45) is 5.92 Å². The summed E-state index contributed by atoms with van der Waals surface area (Å²) in [6.45, 7) is 8.17. The summed E-state index contributed by atoms with van der Waals surface area (Å²) in [7, 11) is 0. The van der Waals surface area contributed by atoms with Gasteiger partial charge in [-0.05, 0) is 57.1 Å². The molecule has 0 amide bonds. The second kappa shape index (κ2) is 6.06. The predicted molar refractivity (Wildman–Crippen MR) is 67.3 cm³/mol. The number of hydrogen-bond donors (Lipinski definition) is 2. The van der Waals surface area contributed by atoms with Crippen molar-refractivity contribution < 1.29 is 0 Å². The molecule has 3 nitrogen and oxygen atoms in total. The molecule has 1 aromatic rings. The Labute approximate surface area is 98.2 Å². The highest BCUT2D eigenvalue weighted by atomic mass is 15.1. The molecule has 1 fully saturated rings. The van der Waals surface area contributed by atoms with Crippen molar-refractivity contribution in [3.05, 3.63) is 24.0 Å². The Morgan fingerprint density at radius 3 is 2.88 bits per heavy atom. The first-order valence-corrected chi connectivity index (χ1v) is 6.44. The van der Waals surface area contributed by atoms with E-state index in [0.717, 1.165) is 19.0 Å². The maximum Gasteiger partial charge on any atom is 0.0357 e. The van der Waals surface area contributed by atoms with Crippen molar-refractivity contribution >= 4 is 0 Å². The van der Waals surface area contributed by atoms with Gasteiger partial charge in [-0.25, -0.2) is 0 Å². The molecule has 0 aromatic carbocycles. The van der Waals surface area contributed by atoms with E-state index in [1.807, 2.05) is 6.20 Å². The Kier molecular flexibility index (Phi) is 4.43. The molecule has 0 radical (unpaired) electrons. The van der Waals surface area contributed by atoms with E-state index in [-0.39, 0.29) is 0 Å². The number of likely N-dealkylation sites (tertiary alicyclic amines) is 1. The van der Waals surface area contributed by atoms with Gasteiger partial charge < -0.3 is 15.2 Å². The maximum absolute atomic E-state index is 3.54. The van der Waals surface area contributed by atoms with Crippen LogP contribution >= 0.6 is 0 Å². The first-order valence-electron chi connectivity index (χ1n) is 6.44. The molecule has 1 saturated heterocycles. The minimum atomic E-state index is 0.873. The van der Waals surface area contributed by atoms with Crippen LogP contribution < -0.4 is 5.32 Å². The molecule has 2 N–H and O–H groups in total. The number of piperidine rings is 1. The molecule has 0 saturated carbocycles. The summed E-state index contributed by atoms with van der Waals surface area (Å²) in [6.07, 6.45) is 4.69. The molecule has 0 unspecified atom stereocenters. The Bertz CT molecular complexity index is 273. The van der Waals surface area contributed by atoms with Crippen LogP contribution in [0, 0.1) is 5.92 Å². The molecule has 16 heavy (non-hydrogen) atoms. The molecule has 1 aliphatic rings. The molecule has 0 bridgehead atoms. The van der Waals surface area contributed by atoms with Gasteiger partial charge in [0.15, 0.2) is 0 Å². The normalized spacial score (nSPS) is 19.1. The largest absolute Gasteiger partial charge is 0.364 e. The second-order valence-electron chi connectivity index (χ2n) is 4.70. The minimum Gasteiger partial charge on any atom is -0.364 e. The maximum atomic E-state index is 3.54. The zero-order valence-electron chi connectivity index (χ0n) is 10.2. The highest BCUT2D eigenvalue weighted by Gasteiger charge is 2.17. The lowest BCUT2D eigenvalue weighted by molar-refractivity contribution is 0.190. The molecule has 1 aliphatic heterocycles. The van der Waals surface area contributed by atoms with Gasteiger partial charge in [0, 0.05) is 18.4 Å². The summed E-state index contributed by atoms with van der Waals surface area (Å²) < 4.78 is 0. The van der Waals surface area contributed by atoms with Crippen LogP contribution in [-0.2, 0) is 6.54 Å². The van der Waals surface area contributed by atoms with E-state index in [1.165, 1.54) is 38.2 Å². The Morgan fingerprint density at radius 2 is 2.25 bits per heavy atom. The quantitative estimate of drug-likeness (QED) is 0.795. The van der Waals surface area contributed by atoms with Gasteiger partial charge in [0.2, 0.25) is 0 Å². The average Bonchev–Trinajstić information content (AvgIpc) is 2.83. The SMILES string of the molecule is CCN1CCC(CNCc2ccc[nH]2)CC1. The molecule has 0 atom stereocenters. The van der Waals surface area contributed by atoms with Crippen LogP contribution in [0.15, 0.2) is 18.3 Å². The summed E-state index contributed by atoms with van der Waals surface area (Å²) in [5.41, 5.74) is 1.28. The van der Waals surface area contributed by atoms with Gasteiger partial charge in [-0.15, -0.1) is 0 Å². The summed E-state index contributed by atoms with van der Waals surface area (Å²) >= 11 is 0.